The third-order valence-electron chi connectivity index (χ3n) is 9.93. The van der Waals surface area contributed by atoms with Crippen molar-refractivity contribution in [3.05, 3.63) is 129 Å². The van der Waals surface area contributed by atoms with Gasteiger partial charge in [-0.2, -0.15) is 0 Å². The Hall–Kier alpha value is -5.86. The number of unbranched alkanes of at least 4 members (excludes halogenated alkanes) is 5. The van der Waals surface area contributed by atoms with Crippen LogP contribution in [0.2, 0.25) is 0 Å². The molecule has 6 rings (SSSR count). The lowest BCUT2D eigenvalue weighted by Crippen LogP contribution is -2.44. The predicted octanol–water partition coefficient (Wildman–Crippen LogP) is 8.83. The summed E-state index contributed by atoms with van der Waals surface area (Å²) in [5.74, 6) is 1.29. The molecule has 2 heterocycles. The van der Waals surface area contributed by atoms with Crippen LogP contribution in [0, 0.1) is 0 Å². The highest BCUT2D eigenvalue weighted by molar-refractivity contribution is 8.05. The molecule has 314 valence electrons. The predicted molar refractivity (Wildman–Crippen MR) is 236 cm³/mol. The Bertz CT molecular complexity index is 2050. The summed E-state index contributed by atoms with van der Waals surface area (Å²) in [6, 6.07) is 30.1. The molecule has 0 aromatic heterocycles. The number of hydrogen-bond donors (Lipinski definition) is 2. The van der Waals surface area contributed by atoms with Crippen molar-refractivity contribution in [2.24, 2.45) is 0 Å². The van der Waals surface area contributed by atoms with Crippen LogP contribution in [0.5, 0.6) is 23.0 Å². The number of nitrogens with zero attached hydrogens (tertiary/aromatic N) is 2. The lowest BCUT2D eigenvalue weighted by molar-refractivity contribution is -0.138. The van der Waals surface area contributed by atoms with E-state index in [0.29, 0.717) is 45.6 Å². The highest BCUT2D eigenvalue weighted by atomic mass is 32.2. The first-order valence-corrected chi connectivity index (χ1v) is 21.6. The third-order valence-corrected chi connectivity index (χ3v) is 12.4. The molecule has 2 unspecified atom stereocenters. The van der Waals surface area contributed by atoms with Gasteiger partial charge < -0.3 is 18.9 Å². The van der Waals surface area contributed by atoms with Crippen molar-refractivity contribution in [1.29, 1.82) is 0 Å². The minimum absolute atomic E-state index is 0.223. The van der Waals surface area contributed by atoms with Gasteiger partial charge in [0.05, 0.1) is 38.2 Å². The van der Waals surface area contributed by atoms with Crippen LogP contribution in [0.4, 0.5) is 0 Å². The van der Waals surface area contributed by atoms with Gasteiger partial charge in [0.15, 0.2) is 23.0 Å². The van der Waals surface area contributed by atoms with Gasteiger partial charge in [-0.25, -0.2) is 10.0 Å². The van der Waals surface area contributed by atoms with Crippen molar-refractivity contribution in [2.75, 3.05) is 28.4 Å². The molecule has 14 heteroatoms. The summed E-state index contributed by atoms with van der Waals surface area (Å²) in [5.41, 5.74) is 9.10. The van der Waals surface area contributed by atoms with Crippen molar-refractivity contribution in [3.8, 4) is 23.0 Å². The van der Waals surface area contributed by atoms with E-state index < -0.39 is 10.7 Å². The second-order valence-corrected chi connectivity index (χ2v) is 16.3. The van der Waals surface area contributed by atoms with E-state index >= 15 is 0 Å². The Morgan fingerprint density at radius 3 is 1.27 bits per heavy atom. The van der Waals surface area contributed by atoms with E-state index in [9.17, 15) is 19.2 Å². The highest BCUT2D eigenvalue weighted by Gasteiger charge is 2.39. The topological polar surface area (TPSA) is 136 Å². The van der Waals surface area contributed by atoms with Gasteiger partial charge in [0, 0.05) is 12.8 Å². The maximum Gasteiger partial charge on any atom is 0.280 e. The molecule has 0 bridgehead atoms. The smallest absolute Gasteiger partial charge is 0.280 e. The molecule has 2 N–H and O–H groups in total. The Labute approximate surface area is 359 Å². The lowest BCUT2D eigenvalue weighted by atomic mass is 10.1. The van der Waals surface area contributed by atoms with Gasteiger partial charge >= 0.3 is 0 Å². The van der Waals surface area contributed by atoms with Crippen molar-refractivity contribution in [3.63, 3.8) is 0 Å². The zero-order chi connectivity index (χ0) is 42.4. The molecular weight excluding hydrogens is 801 g/mol. The van der Waals surface area contributed by atoms with E-state index in [-0.39, 0.29) is 36.5 Å². The van der Waals surface area contributed by atoms with Crippen LogP contribution in [-0.2, 0) is 19.2 Å². The molecule has 0 aliphatic carbocycles. The Morgan fingerprint density at radius 2 is 0.900 bits per heavy atom. The van der Waals surface area contributed by atoms with Gasteiger partial charge in [0.25, 0.3) is 11.8 Å². The van der Waals surface area contributed by atoms with Gasteiger partial charge in [0.2, 0.25) is 11.8 Å². The molecule has 2 aliphatic rings. The SMILES string of the molecule is COc1ccc(/C=C2/SC(c3ccccc3)N(NC(=O)CCCCCCCCC(=O)NN3C(=O)/C(=C\c4ccc(OC)c(OC)c4)SC3c3ccccc3)C2=O)cc1OC. The number of nitrogens with one attached hydrogen (secondary N) is 2. The molecule has 12 nitrogen and oxygen atoms in total. The second kappa shape index (κ2) is 21.4. The number of carbonyl (C=O) groups is 4. The fourth-order valence-electron chi connectivity index (χ4n) is 6.82. The Morgan fingerprint density at radius 1 is 0.533 bits per heavy atom. The van der Waals surface area contributed by atoms with Crippen LogP contribution in [0.25, 0.3) is 12.2 Å². The first-order valence-electron chi connectivity index (χ1n) is 19.8. The summed E-state index contributed by atoms with van der Waals surface area (Å²) in [6.45, 7) is 0. The summed E-state index contributed by atoms with van der Waals surface area (Å²) in [4.78, 5) is 54.6. The maximum atomic E-state index is 13.7. The zero-order valence-electron chi connectivity index (χ0n) is 34.2. The fourth-order valence-corrected chi connectivity index (χ4v) is 9.21. The number of amides is 4. The number of methoxy groups -OCH3 is 4. The standard InChI is InChI=1S/C46H50N4O8S2/c1-55-35-25-23-31(27-37(35)57-3)29-39-43(53)49(45(59-39)33-17-11-9-12-18-33)47-41(51)21-15-7-5-6-8-16-22-42(52)48-50-44(54)40(60-46(50)34-19-13-10-14-20-34)30-32-24-26-36(56-2)38(28-32)58-4/h9-14,17-20,23-30,45-46H,5-8,15-16,21-22H2,1-4H3,(H,47,51)(H,48,52)/b39-29+,40-30+. The molecule has 2 fully saturated rings. The van der Waals surface area contributed by atoms with Crippen LogP contribution in [0.3, 0.4) is 0 Å². The van der Waals surface area contributed by atoms with E-state index in [4.69, 9.17) is 18.9 Å². The third kappa shape index (κ3) is 11.0. The van der Waals surface area contributed by atoms with E-state index in [0.717, 1.165) is 47.9 Å². The van der Waals surface area contributed by atoms with Gasteiger partial charge in [-0.1, -0.05) is 122 Å². The average molecular weight is 851 g/mol. The molecular formula is C46H50N4O8S2. The Kier molecular flexibility index (Phi) is 15.6. The van der Waals surface area contributed by atoms with Gasteiger partial charge in [-0.05, 0) is 71.5 Å². The number of hydrazine groups is 2. The van der Waals surface area contributed by atoms with Crippen molar-refractivity contribution < 1.29 is 38.1 Å². The summed E-state index contributed by atoms with van der Waals surface area (Å²) >= 11 is 2.77. The van der Waals surface area contributed by atoms with E-state index in [1.54, 1.807) is 64.9 Å². The van der Waals surface area contributed by atoms with Crippen LogP contribution in [0.15, 0.2) is 107 Å². The summed E-state index contributed by atoms with van der Waals surface area (Å²) < 4.78 is 21.6. The van der Waals surface area contributed by atoms with E-state index in [2.05, 4.69) is 10.9 Å². The number of carbonyl (C=O) groups excluding carboxylic acids is 4. The molecule has 60 heavy (non-hydrogen) atoms. The van der Waals surface area contributed by atoms with Crippen molar-refractivity contribution >= 4 is 59.3 Å². The van der Waals surface area contributed by atoms with Gasteiger partial charge in [0.1, 0.15) is 10.7 Å². The number of hydrogen-bond acceptors (Lipinski definition) is 10. The van der Waals surface area contributed by atoms with Crippen molar-refractivity contribution in [1.82, 2.24) is 20.9 Å². The molecule has 0 spiro atoms. The molecule has 4 aromatic carbocycles. The lowest BCUT2D eigenvalue weighted by Gasteiger charge is -2.24. The first-order chi connectivity index (χ1) is 29.2. The summed E-state index contributed by atoms with van der Waals surface area (Å²) in [6.07, 6.45) is 8.96. The summed E-state index contributed by atoms with van der Waals surface area (Å²) in [7, 11) is 6.26. The molecule has 4 amide bonds. The highest BCUT2D eigenvalue weighted by Crippen LogP contribution is 2.47. The van der Waals surface area contributed by atoms with Crippen LogP contribution in [0.1, 0.15) is 84.4 Å². The van der Waals surface area contributed by atoms with Gasteiger partial charge in [-0.15, -0.1) is 0 Å². The van der Waals surface area contributed by atoms with Crippen molar-refractivity contribution in [2.45, 2.75) is 62.1 Å². The number of ether oxygens (including phenoxy) is 4. The molecule has 2 atom stereocenters. The number of rotatable bonds is 19. The first kappa shape index (κ1) is 43.7. The van der Waals surface area contributed by atoms with Crippen LogP contribution in [-0.4, -0.2) is 62.1 Å². The molecule has 2 aliphatic heterocycles. The van der Waals surface area contributed by atoms with E-state index in [1.165, 1.54) is 33.5 Å². The molecule has 2 saturated heterocycles. The normalized spacial score (nSPS) is 17.6. The second-order valence-electron chi connectivity index (χ2n) is 14.0. The fraction of sp³-hybridized carbons (Fsp3) is 0.304. The molecule has 0 radical (unpaired) electrons. The Balaban J connectivity index is 0.952. The monoisotopic (exact) mass is 850 g/mol. The molecule has 0 saturated carbocycles. The van der Waals surface area contributed by atoms with Crippen LogP contribution >= 0.6 is 23.5 Å². The zero-order valence-corrected chi connectivity index (χ0v) is 35.8. The number of benzene rings is 4. The largest absolute Gasteiger partial charge is 0.493 e. The van der Waals surface area contributed by atoms with Gasteiger partial charge in [-0.3, -0.25) is 30.0 Å². The quantitative estimate of drug-likeness (QED) is 0.0696. The van der Waals surface area contributed by atoms with Crippen LogP contribution < -0.4 is 29.8 Å². The molecule has 4 aromatic rings. The minimum Gasteiger partial charge on any atom is -0.493 e. The average Bonchev–Trinajstić information content (AvgIpc) is 3.75. The summed E-state index contributed by atoms with van der Waals surface area (Å²) in [5, 5.41) is 2.01. The maximum absolute atomic E-state index is 13.7. The minimum atomic E-state index is -0.416. The number of thioether (sulfide) groups is 2. The van der Waals surface area contributed by atoms with E-state index in [1.807, 2.05) is 72.8 Å².